The van der Waals surface area contributed by atoms with Gasteiger partial charge in [-0.1, -0.05) is 66.9 Å². The highest BCUT2D eigenvalue weighted by molar-refractivity contribution is 7.92. The van der Waals surface area contributed by atoms with Gasteiger partial charge >= 0.3 is 0 Å². The predicted octanol–water partition coefficient (Wildman–Crippen LogP) is 5.53. The Kier molecular flexibility index (Phi) is 11.2. The van der Waals surface area contributed by atoms with Crippen LogP contribution in [0.1, 0.15) is 32.3 Å². The molecule has 0 fully saturated rings. The number of unbranched alkanes of at least 4 members (excludes halogenated alkanes) is 1. The second-order valence-corrected chi connectivity index (χ2v) is 11.9. The molecule has 3 rings (SSSR count). The molecule has 0 heterocycles. The first kappa shape index (κ1) is 31.3. The van der Waals surface area contributed by atoms with Crippen molar-refractivity contribution in [2.75, 3.05) is 24.5 Å². The van der Waals surface area contributed by atoms with Gasteiger partial charge in [-0.2, -0.15) is 0 Å². The summed E-state index contributed by atoms with van der Waals surface area (Å²) >= 11 is 12.4. The monoisotopic (exact) mass is 605 g/mol. The summed E-state index contributed by atoms with van der Waals surface area (Å²) in [6.45, 7) is 3.59. The van der Waals surface area contributed by atoms with Crippen LogP contribution in [0.4, 0.5) is 5.69 Å². The molecule has 3 aromatic carbocycles. The molecule has 2 amide bonds. The molecule has 0 bridgehead atoms. The Morgan fingerprint density at radius 2 is 1.60 bits per heavy atom. The van der Waals surface area contributed by atoms with Crippen molar-refractivity contribution >= 4 is 50.7 Å². The molecule has 11 heteroatoms. The minimum atomic E-state index is -4.21. The molecule has 1 atom stereocenters. The van der Waals surface area contributed by atoms with Gasteiger partial charge in [-0.15, -0.1) is 0 Å². The van der Waals surface area contributed by atoms with Crippen LogP contribution < -0.4 is 14.4 Å². The highest BCUT2D eigenvalue weighted by Gasteiger charge is 2.32. The Morgan fingerprint density at radius 1 is 0.975 bits per heavy atom. The van der Waals surface area contributed by atoms with E-state index in [0.717, 1.165) is 22.7 Å². The Balaban J connectivity index is 2.01. The molecule has 40 heavy (non-hydrogen) atoms. The number of carbonyl (C=O) groups is 2. The van der Waals surface area contributed by atoms with Crippen molar-refractivity contribution < 1.29 is 22.7 Å². The van der Waals surface area contributed by atoms with Crippen LogP contribution >= 0.6 is 23.2 Å². The van der Waals surface area contributed by atoms with Crippen molar-refractivity contribution in [2.45, 2.75) is 44.2 Å². The maximum absolute atomic E-state index is 13.9. The van der Waals surface area contributed by atoms with E-state index in [1.807, 2.05) is 6.92 Å². The van der Waals surface area contributed by atoms with Crippen LogP contribution in [0.2, 0.25) is 10.0 Å². The highest BCUT2D eigenvalue weighted by Crippen LogP contribution is 2.30. The number of rotatable bonds is 13. The van der Waals surface area contributed by atoms with Crippen molar-refractivity contribution in [1.82, 2.24) is 10.2 Å². The Morgan fingerprint density at radius 3 is 2.17 bits per heavy atom. The maximum atomic E-state index is 13.9. The Labute approximate surface area is 245 Å². The van der Waals surface area contributed by atoms with Crippen molar-refractivity contribution in [3.8, 4) is 5.75 Å². The third-order valence-corrected chi connectivity index (χ3v) is 8.48. The zero-order valence-electron chi connectivity index (χ0n) is 22.6. The molecule has 1 N–H and O–H groups in total. The lowest BCUT2D eigenvalue weighted by Crippen LogP contribution is -2.51. The summed E-state index contributed by atoms with van der Waals surface area (Å²) in [5.41, 5.74) is 0.866. The third kappa shape index (κ3) is 8.13. The molecule has 0 aromatic heterocycles. The fourth-order valence-corrected chi connectivity index (χ4v) is 5.91. The van der Waals surface area contributed by atoms with E-state index in [9.17, 15) is 18.0 Å². The van der Waals surface area contributed by atoms with E-state index in [0.29, 0.717) is 12.3 Å². The fourth-order valence-electron chi connectivity index (χ4n) is 3.98. The lowest BCUT2D eigenvalue weighted by Gasteiger charge is -2.32. The SMILES string of the molecule is CCCCNC(=O)[C@H](C)N(Cc1ccc(OC)cc1)C(=O)CN(c1cc(Cl)cc(Cl)c1)S(=O)(=O)c1ccccc1. The molecule has 214 valence electrons. The number of methoxy groups -OCH3 is 1. The molecule has 0 saturated carbocycles. The van der Waals surface area contributed by atoms with Gasteiger partial charge in [0.1, 0.15) is 18.3 Å². The summed E-state index contributed by atoms with van der Waals surface area (Å²) in [4.78, 5) is 28.3. The first-order valence-electron chi connectivity index (χ1n) is 12.8. The van der Waals surface area contributed by atoms with Gasteiger partial charge in [-0.25, -0.2) is 8.42 Å². The average Bonchev–Trinajstić information content (AvgIpc) is 2.94. The average molecular weight is 607 g/mol. The van der Waals surface area contributed by atoms with Gasteiger partial charge in [-0.3, -0.25) is 13.9 Å². The van der Waals surface area contributed by atoms with Crippen molar-refractivity contribution in [1.29, 1.82) is 0 Å². The lowest BCUT2D eigenvalue weighted by atomic mass is 10.1. The van der Waals surface area contributed by atoms with Gasteiger partial charge < -0.3 is 15.0 Å². The van der Waals surface area contributed by atoms with Crippen LogP contribution in [-0.4, -0.2) is 51.4 Å². The zero-order valence-corrected chi connectivity index (χ0v) is 25.0. The van der Waals surface area contributed by atoms with Gasteiger partial charge in [0, 0.05) is 23.1 Å². The number of nitrogens with zero attached hydrogens (tertiary/aromatic N) is 2. The summed E-state index contributed by atoms with van der Waals surface area (Å²) in [6, 6.07) is 18.3. The number of hydrogen-bond acceptors (Lipinski definition) is 5. The summed E-state index contributed by atoms with van der Waals surface area (Å²) < 4.78 is 33.8. The summed E-state index contributed by atoms with van der Waals surface area (Å²) in [6.07, 6.45) is 1.70. The third-order valence-electron chi connectivity index (χ3n) is 6.25. The molecule has 0 spiro atoms. The Hall–Kier alpha value is -3.27. The van der Waals surface area contributed by atoms with Crippen LogP contribution in [0.15, 0.2) is 77.7 Å². The molecule has 0 aliphatic heterocycles. The molecule has 3 aromatic rings. The quantitative estimate of drug-likeness (QED) is 0.258. The van der Waals surface area contributed by atoms with Crippen molar-refractivity contribution in [3.05, 3.63) is 88.4 Å². The zero-order chi connectivity index (χ0) is 29.3. The minimum absolute atomic E-state index is 0.00837. The van der Waals surface area contributed by atoms with E-state index in [4.69, 9.17) is 27.9 Å². The van der Waals surface area contributed by atoms with E-state index in [1.165, 1.54) is 35.2 Å². The van der Waals surface area contributed by atoms with Gasteiger partial charge in [0.05, 0.1) is 17.7 Å². The molecule has 0 aliphatic carbocycles. The molecule has 0 unspecified atom stereocenters. The van der Waals surface area contributed by atoms with Gasteiger partial charge in [0.25, 0.3) is 10.0 Å². The smallest absolute Gasteiger partial charge is 0.264 e. The number of benzene rings is 3. The number of carbonyl (C=O) groups excluding carboxylic acids is 2. The number of anilines is 1. The largest absolute Gasteiger partial charge is 0.497 e. The van der Waals surface area contributed by atoms with Gasteiger partial charge in [0.15, 0.2) is 0 Å². The standard InChI is InChI=1S/C29H33Cl2N3O5S/c1-4-5-15-32-29(36)21(2)33(19-22-11-13-26(39-3)14-12-22)28(35)20-34(25-17-23(30)16-24(31)18-25)40(37,38)27-9-7-6-8-10-27/h6-14,16-18,21H,4-5,15,19-20H2,1-3H3,(H,32,36)/t21-/m0/s1. The Bertz CT molecular complexity index is 1380. The molecular formula is C29H33Cl2N3O5S. The van der Waals surface area contributed by atoms with Gasteiger partial charge in [-0.05, 0) is 61.4 Å². The first-order valence-corrected chi connectivity index (χ1v) is 15.0. The summed E-state index contributed by atoms with van der Waals surface area (Å²) in [7, 11) is -2.66. The van der Waals surface area contributed by atoms with Crippen LogP contribution in [0.3, 0.4) is 0 Å². The second kappa shape index (κ2) is 14.4. The fraction of sp³-hybridized carbons (Fsp3) is 0.310. The normalized spacial score (nSPS) is 11.9. The first-order chi connectivity index (χ1) is 19.1. The number of ether oxygens (including phenoxy) is 1. The van der Waals surface area contributed by atoms with Crippen molar-refractivity contribution in [3.63, 3.8) is 0 Å². The number of hydrogen-bond donors (Lipinski definition) is 1. The van der Waals surface area contributed by atoms with Crippen LogP contribution in [0.5, 0.6) is 5.75 Å². The molecule has 8 nitrogen and oxygen atoms in total. The topological polar surface area (TPSA) is 96.0 Å². The van der Waals surface area contributed by atoms with E-state index in [1.54, 1.807) is 56.5 Å². The minimum Gasteiger partial charge on any atom is -0.497 e. The number of sulfonamides is 1. The number of amides is 2. The van der Waals surface area contributed by atoms with E-state index < -0.39 is 28.5 Å². The number of halogens is 2. The number of nitrogens with one attached hydrogen (secondary N) is 1. The van der Waals surface area contributed by atoms with E-state index in [-0.39, 0.29) is 33.1 Å². The van der Waals surface area contributed by atoms with Crippen molar-refractivity contribution in [2.24, 2.45) is 0 Å². The summed E-state index contributed by atoms with van der Waals surface area (Å²) in [5, 5.41) is 3.28. The van der Waals surface area contributed by atoms with E-state index >= 15 is 0 Å². The predicted molar refractivity (Wildman–Crippen MR) is 158 cm³/mol. The van der Waals surface area contributed by atoms with E-state index in [2.05, 4.69) is 5.32 Å². The molecular weight excluding hydrogens is 573 g/mol. The highest BCUT2D eigenvalue weighted by atomic mass is 35.5. The molecule has 0 saturated heterocycles. The molecule has 0 aliphatic rings. The summed E-state index contributed by atoms with van der Waals surface area (Å²) in [5.74, 6) is -0.270. The lowest BCUT2D eigenvalue weighted by molar-refractivity contribution is -0.139. The van der Waals surface area contributed by atoms with Gasteiger partial charge in [0.2, 0.25) is 11.8 Å². The van der Waals surface area contributed by atoms with Crippen LogP contribution in [0, 0.1) is 0 Å². The second-order valence-electron chi connectivity index (χ2n) is 9.14. The van der Waals surface area contributed by atoms with Crippen LogP contribution in [0.25, 0.3) is 0 Å². The molecule has 0 radical (unpaired) electrons. The maximum Gasteiger partial charge on any atom is 0.264 e. The van der Waals surface area contributed by atoms with Crippen LogP contribution in [-0.2, 0) is 26.2 Å².